The Morgan fingerprint density at radius 3 is 2.42 bits per heavy atom. The van der Waals surface area contributed by atoms with Crippen molar-refractivity contribution in [1.29, 1.82) is 0 Å². The molecule has 1 N–H and O–H groups in total. The number of rotatable bonds is 7. The van der Waals surface area contributed by atoms with E-state index in [2.05, 4.69) is 37.2 Å². The third-order valence-corrected chi connectivity index (χ3v) is 8.09. The van der Waals surface area contributed by atoms with Crippen LogP contribution in [0.4, 0.5) is 18.9 Å². The molecule has 208 valence electrons. The molecule has 0 unspecified atom stereocenters. The summed E-state index contributed by atoms with van der Waals surface area (Å²) >= 11 is 0. The molecular weight excluding hydrogens is 519 g/mol. The van der Waals surface area contributed by atoms with Crippen LogP contribution in [0.25, 0.3) is 5.65 Å². The summed E-state index contributed by atoms with van der Waals surface area (Å²) in [6.07, 6.45) is -0.272. The number of carbonyl (C=O) groups excluding carboxylic acids is 1. The van der Waals surface area contributed by atoms with Gasteiger partial charge in [-0.15, -0.1) is 13.2 Å². The van der Waals surface area contributed by atoms with Gasteiger partial charge in [0.2, 0.25) is 0 Å². The highest BCUT2D eigenvalue weighted by Gasteiger charge is 2.52. The number of amides is 1. The molecule has 1 saturated heterocycles. The minimum absolute atomic E-state index is 0.180. The maximum atomic E-state index is 13.1. The highest BCUT2D eigenvalue weighted by atomic mass is 19.4. The first-order valence-corrected chi connectivity index (χ1v) is 13.4. The number of aromatic nitrogens is 3. The quantitative estimate of drug-likeness (QED) is 0.315. The van der Waals surface area contributed by atoms with Crippen molar-refractivity contribution >= 4 is 17.2 Å². The fraction of sp³-hybridized carbons (Fsp3) is 0.367. The molecule has 6 rings (SSSR count). The van der Waals surface area contributed by atoms with Crippen molar-refractivity contribution in [2.45, 2.75) is 51.9 Å². The van der Waals surface area contributed by atoms with Crippen LogP contribution in [-0.4, -0.2) is 40.0 Å². The summed E-state index contributed by atoms with van der Waals surface area (Å²) in [7, 11) is 0. The minimum Gasteiger partial charge on any atom is -0.406 e. The molecule has 0 atom stereocenters. The normalized spacial score (nSPS) is 16.6. The van der Waals surface area contributed by atoms with Crippen molar-refractivity contribution in [3.8, 4) is 5.75 Å². The first-order valence-electron chi connectivity index (χ1n) is 13.4. The van der Waals surface area contributed by atoms with Gasteiger partial charge in [0.1, 0.15) is 11.3 Å². The van der Waals surface area contributed by atoms with Gasteiger partial charge in [0.05, 0.1) is 5.69 Å². The van der Waals surface area contributed by atoms with Gasteiger partial charge in [0.15, 0.2) is 5.65 Å². The zero-order chi connectivity index (χ0) is 28.1. The number of carbonyl (C=O) groups is 1. The van der Waals surface area contributed by atoms with Gasteiger partial charge in [-0.1, -0.05) is 31.2 Å². The van der Waals surface area contributed by atoms with Crippen molar-refractivity contribution in [2.75, 3.05) is 18.0 Å². The van der Waals surface area contributed by atoms with Crippen LogP contribution in [0, 0.1) is 12.3 Å². The van der Waals surface area contributed by atoms with Gasteiger partial charge in [-0.2, -0.15) is 5.10 Å². The lowest BCUT2D eigenvalue weighted by molar-refractivity contribution is -0.274. The topological polar surface area (TPSA) is 71.8 Å². The number of benzene rings is 2. The van der Waals surface area contributed by atoms with Gasteiger partial charge in [-0.3, -0.25) is 4.79 Å². The minimum atomic E-state index is -4.67. The maximum Gasteiger partial charge on any atom is 0.573 e. The summed E-state index contributed by atoms with van der Waals surface area (Å²) in [6.45, 7) is 6.26. The summed E-state index contributed by atoms with van der Waals surface area (Å²) in [6, 6.07) is 16.4. The second-order valence-corrected chi connectivity index (χ2v) is 10.9. The molecule has 2 aromatic carbocycles. The molecule has 1 amide bonds. The van der Waals surface area contributed by atoms with Crippen LogP contribution in [0.15, 0.2) is 60.8 Å². The van der Waals surface area contributed by atoms with Crippen LogP contribution < -0.4 is 15.0 Å². The molecule has 2 aromatic heterocycles. The predicted molar refractivity (Wildman–Crippen MR) is 144 cm³/mol. The number of ether oxygens (including phenoxy) is 1. The van der Waals surface area contributed by atoms with E-state index in [9.17, 15) is 18.0 Å². The number of hydrogen-bond acceptors (Lipinski definition) is 5. The van der Waals surface area contributed by atoms with Crippen LogP contribution in [-0.2, 0) is 13.0 Å². The zero-order valence-corrected chi connectivity index (χ0v) is 22.3. The van der Waals surface area contributed by atoms with Crippen molar-refractivity contribution in [3.63, 3.8) is 0 Å². The molecule has 1 aliphatic heterocycles. The van der Waals surface area contributed by atoms with Crippen LogP contribution in [0.3, 0.4) is 0 Å². The molecule has 1 spiro atoms. The van der Waals surface area contributed by atoms with Crippen LogP contribution >= 0.6 is 0 Å². The Morgan fingerprint density at radius 2 is 1.77 bits per heavy atom. The maximum absolute atomic E-state index is 13.1. The van der Waals surface area contributed by atoms with E-state index < -0.39 is 6.36 Å². The second-order valence-electron chi connectivity index (χ2n) is 10.9. The lowest BCUT2D eigenvalue weighted by atomic mass is 9.56. The molecule has 7 nitrogen and oxygen atoms in total. The molecule has 0 bridgehead atoms. The Bertz CT molecular complexity index is 1530. The van der Waals surface area contributed by atoms with Crippen LogP contribution in [0.1, 0.15) is 58.6 Å². The number of halogens is 3. The average Bonchev–Trinajstić information content (AvgIpc) is 3.26. The van der Waals surface area contributed by atoms with E-state index in [4.69, 9.17) is 0 Å². The molecular formula is C30H30F3N5O2. The molecule has 2 fully saturated rings. The largest absolute Gasteiger partial charge is 0.573 e. The fourth-order valence-corrected chi connectivity index (χ4v) is 6.05. The monoisotopic (exact) mass is 549 g/mol. The van der Waals surface area contributed by atoms with Gasteiger partial charge >= 0.3 is 6.36 Å². The average molecular weight is 550 g/mol. The predicted octanol–water partition coefficient (Wildman–Crippen LogP) is 5.81. The van der Waals surface area contributed by atoms with Gasteiger partial charge in [0, 0.05) is 42.6 Å². The third-order valence-electron chi connectivity index (χ3n) is 8.09. The van der Waals surface area contributed by atoms with Gasteiger partial charge in [0.25, 0.3) is 5.91 Å². The Morgan fingerprint density at radius 1 is 1.07 bits per heavy atom. The zero-order valence-electron chi connectivity index (χ0n) is 22.3. The van der Waals surface area contributed by atoms with Crippen molar-refractivity contribution in [3.05, 3.63) is 88.9 Å². The first kappa shape index (κ1) is 26.2. The summed E-state index contributed by atoms with van der Waals surface area (Å²) in [5.41, 5.74) is 6.24. The lowest BCUT2D eigenvalue weighted by Crippen LogP contribution is -2.61. The van der Waals surface area contributed by atoms with E-state index in [1.54, 1.807) is 22.8 Å². The summed E-state index contributed by atoms with van der Waals surface area (Å²) in [5, 5.41) is 7.58. The van der Waals surface area contributed by atoms with Crippen LogP contribution in [0.5, 0.6) is 5.75 Å². The van der Waals surface area contributed by atoms with Crippen molar-refractivity contribution in [2.24, 2.45) is 5.41 Å². The Labute approximate surface area is 230 Å². The number of hydrogen-bond donors (Lipinski definition) is 1. The molecule has 40 heavy (non-hydrogen) atoms. The molecule has 3 heterocycles. The summed E-state index contributed by atoms with van der Waals surface area (Å²) in [4.78, 5) is 19.8. The fourth-order valence-electron chi connectivity index (χ4n) is 6.05. The Balaban J connectivity index is 1.01. The number of nitrogens with zero attached hydrogens (tertiary/aromatic N) is 4. The molecule has 4 aromatic rings. The number of fused-ring (bicyclic) bond motifs is 1. The molecule has 2 aliphatic rings. The summed E-state index contributed by atoms with van der Waals surface area (Å²) in [5.74, 6) is 0.00530. The van der Waals surface area contributed by atoms with Crippen LogP contribution in [0.2, 0.25) is 0 Å². The van der Waals surface area contributed by atoms with Gasteiger partial charge in [-0.25, -0.2) is 9.50 Å². The first-order chi connectivity index (χ1) is 19.1. The standard InChI is InChI=1S/C30H30F3N5O2/c1-3-25-26(27-34-13-12-19(2)38(27)36-25)28(39)35-16-20-4-8-23(9-5-20)37-17-29(18-37)14-22(15-29)21-6-10-24(11-7-21)40-30(31,32)33/h4-13,22H,3,14-18H2,1-2H3,(H,35,39). The van der Waals surface area contributed by atoms with Gasteiger partial charge < -0.3 is 15.0 Å². The van der Waals surface area contributed by atoms with Crippen molar-refractivity contribution < 1.29 is 22.7 Å². The highest BCUT2D eigenvalue weighted by Crippen LogP contribution is 2.56. The second kappa shape index (κ2) is 9.83. The number of alkyl halides is 3. The van der Waals surface area contributed by atoms with E-state index in [1.165, 1.54) is 12.1 Å². The smallest absolute Gasteiger partial charge is 0.406 e. The van der Waals surface area contributed by atoms with Gasteiger partial charge in [-0.05, 0) is 73.6 Å². The van der Waals surface area contributed by atoms with E-state index >= 15 is 0 Å². The molecule has 1 saturated carbocycles. The highest BCUT2D eigenvalue weighted by molar-refractivity contribution is 6.01. The number of nitrogens with one attached hydrogen (secondary N) is 1. The lowest BCUT2D eigenvalue weighted by Gasteiger charge is -2.60. The van der Waals surface area contributed by atoms with Crippen molar-refractivity contribution in [1.82, 2.24) is 19.9 Å². The van der Waals surface area contributed by atoms with E-state index in [-0.39, 0.29) is 17.1 Å². The Hall–Kier alpha value is -4.08. The van der Waals surface area contributed by atoms with E-state index in [1.807, 2.05) is 32.0 Å². The third kappa shape index (κ3) is 4.98. The van der Waals surface area contributed by atoms with E-state index in [0.717, 1.165) is 54.1 Å². The Kier molecular flexibility index (Phi) is 6.43. The summed E-state index contributed by atoms with van der Waals surface area (Å²) < 4.78 is 42.9. The SMILES string of the molecule is CCc1nn2c(C)ccnc2c1C(=O)NCc1ccc(N2CC3(CC(c4ccc(OC(F)(F)F)cc4)C3)C2)cc1. The number of aryl methyl sites for hydroxylation is 2. The van der Waals surface area contributed by atoms with E-state index in [0.29, 0.717) is 30.1 Å². The number of anilines is 1. The molecule has 10 heteroatoms. The molecule has 1 aliphatic carbocycles. The molecule has 0 radical (unpaired) electrons.